The molecule has 0 spiro atoms. The third-order valence-corrected chi connectivity index (χ3v) is 4.67. The molecule has 1 atom stereocenters. The maximum atomic E-state index is 5.50. The van der Waals surface area contributed by atoms with Gasteiger partial charge in [0.25, 0.3) is 0 Å². The Morgan fingerprint density at radius 1 is 1.14 bits per heavy atom. The van der Waals surface area contributed by atoms with E-state index in [-0.39, 0.29) is 6.04 Å². The summed E-state index contributed by atoms with van der Waals surface area (Å²) in [6.45, 7) is 5.58. The van der Waals surface area contributed by atoms with Crippen LogP contribution in [-0.4, -0.2) is 47.7 Å². The van der Waals surface area contributed by atoms with E-state index in [0.29, 0.717) is 12.4 Å². The first-order valence-corrected chi connectivity index (χ1v) is 9.24. The zero-order valence-electron chi connectivity index (χ0n) is 17.0. The Kier molecular flexibility index (Phi) is 6.30. The van der Waals surface area contributed by atoms with Crippen molar-refractivity contribution in [3.05, 3.63) is 35.9 Å². The van der Waals surface area contributed by atoms with Gasteiger partial charge in [-0.05, 0) is 44.0 Å². The molecule has 2 aromatic heterocycles. The molecule has 1 N–H and O–H groups in total. The number of rotatable bonds is 9. The molecule has 0 fully saturated rings. The third kappa shape index (κ3) is 4.01. The Balaban J connectivity index is 1.90. The summed E-state index contributed by atoms with van der Waals surface area (Å²) in [6, 6.07) is 5.71. The summed E-state index contributed by atoms with van der Waals surface area (Å²) in [5, 5.41) is 12.7. The Labute approximate surface area is 164 Å². The Morgan fingerprint density at radius 3 is 2.61 bits per heavy atom. The zero-order chi connectivity index (χ0) is 20.1. The molecule has 0 aliphatic carbocycles. The average Bonchev–Trinajstić information content (AvgIpc) is 3.16. The van der Waals surface area contributed by atoms with Crippen LogP contribution in [0.5, 0.6) is 11.5 Å². The first-order chi connectivity index (χ1) is 13.6. The molecule has 3 rings (SSSR count). The Hall–Kier alpha value is -2.87. The van der Waals surface area contributed by atoms with E-state index in [9.17, 15) is 0 Å². The minimum atomic E-state index is -0.0639. The lowest BCUT2D eigenvalue weighted by molar-refractivity contribution is 0.190. The quantitative estimate of drug-likeness (QED) is 0.566. The number of ether oxygens (including phenoxy) is 3. The van der Waals surface area contributed by atoms with Gasteiger partial charge >= 0.3 is 0 Å². The number of nitrogens with one attached hydrogen (secondary N) is 1. The van der Waals surface area contributed by atoms with Gasteiger partial charge in [0.2, 0.25) is 0 Å². The van der Waals surface area contributed by atoms with Crippen molar-refractivity contribution in [3.63, 3.8) is 0 Å². The van der Waals surface area contributed by atoms with Gasteiger partial charge < -0.3 is 24.1 Å². The molecule has 0 bridgehead atoms. The predicted octanol–water partition coefficient (Wildman–Crippen LogP) is 3.36. The highest BCUT2D eigenvalue weighted by molar-refractivity contribution is 5.94. The van der Waals surface area contributed by atoms with Crippen LogP contribution in [0.1, 0.15) is 30.8 Å². The number of anilines is 1. The van der Waals surface area contributed by atoms with Crippen LogP contribution in [0, 0.1) is 6.92 Å². The van der Waals surface area contributed by atoms with Crippen LogP contribution in [0.2, 0.25) is 0 Å². The van der Waals surface area contributed by atoms with Gasteiger partial charge in [0, 0.05) is 25.6 Å². The number of nitrogens with zero attached hydrogens (tertiary/aromatic N) is 4. The highest BCUT2D eigenvalue weighted by Crippen LogP contribution is 2.35. The molecule has 0 radical (unpaired) electrons. The molecular formula is C20H27N5O3. The van der Waals surface area contributed by atoms with Crippen LogP contribution in [0.4, 0.5) is 5.82 Å². The summed E-state index contributed by atoms with van der Waals surface area (Å²) in [4.78, 5) is 4.78. The summed E-state index contributed by atoms with van der Waals surface area (Å²) < 4.78 is 18.2. The predicted molar refractivity (Wildman–Crippen MR) is 108 cm³/mol. The second-order valence-corrected chi connectivity index (χ2v) is 6.61. The first-order valence-electron chi connectivity index (χ1n) is 9.24. The van der Waals surface area contributed by atoms with Crippen LogP contribution in [0.15, 0.2) is 24.5 Å². The molecule has 8 heteroatoms. The number of aryl methyl sites for hydroxylation is 2. The lowest BCUT2D eigenvalue weighted by Crippen LogP contribution is -2.15. The van der Waals surface area contributed by atoms with E-state index < -0.39 is 0 Å². The smallest absolute Gasteiger partial charge is 0.155 e. The summed E-state index contributed by atoms with van der Waals surface area (Å²) >= 11 is 0. The van der Waals surface area contributed by atoms with Crippen molar-refractivity contribution in [2.45, 2.75) is 32.9 Å². The van der Waals surface area contributed by atoms with Crippen molar-refractivity contribution >= 4 is 16.7 Å². The number of hydrogen-bond acceptors (Lipinski definition) is 7. The molecule has 2 heterocycles. The first kappa shape index (κ1) is 19.9. The maximum Gasteiger partial charge on any atom is 0.155 e. The monoisotopic (exact) mass is 385 g/mol. The highest BCUT2D eigenvalue weighted by Gasteiger charge is 2.17. The second kappa shape index (κ2) is 8.88. The van der Waals surface area contributed by atoms with Crippen molar-refractivity contribution in [1.82, 2.24) is 19.7 Å². The topological polar surface area (TPSA) is 83.3 Å². The Bertz CT molecular complexity index is 941. The van der Waals surface area contributed by atoms with E-state index in [0.717, 1.165) is 46.8 Å². The standard InChI is InChI=1S/C20H27N5O3/c1-13-11-17(23-19-16(28-5)8-7-15(27-4)18(13)19)22-14(2)20-24-21-12-25(20)9-6-10-26-3/h7-8,11-12,14H,6,9-10H2,1-5H3,(H,22,23). The van der Waals surface area contributed by atoms with Gasteiger partial charge in [0.15, 0.2) is 5.82 Å². The Morgan fingerprint density at radius 2 is 1.89 bits per heavy atom. The van der Waals surface area contributed by atoms with E-state index in [1.54, 1.807) is 27.7 Å². The number of pyridine rings is 1. The van der Waals surface area contributed by atoms with E-state index in [2.05, 4.69) is 15.5 Å². The fourth-order valence-electron chi connectivity index (χ4n) is 3.32. The summed E-state index contributed by atoms with van der Waals surface area (Å²) in [6.07, 6.45) is 2.65. The van der Waals surface area contributed by atoms with Gasteiger partial charge in [-0.15, -0.1) is 10.2 Å². The minimum Gasteiger partial charge on any atom is -0.496 e. The van der Waals surface area contributed by atoms with Crippen LogP contribution in [0.25, 0.3) is 10.9 Å². The maximum absolute atomic E-state index is 5.50. The van der Waals surface area contributed by atoms with Crippen molar-refractivity contribution < 1.29 is 14.2 Å². The van der Waals surface area contributed by atoms with Crippen LogP contribution < -0.4 is 14.8 Å². The van der Waals surface area contributed by atoms with Crippen LogP contribution >= 0.6 is 0 Å². The molecule has 3 aromatic rings. The van der Waals surface area contributed by atoms with E-state index in [1.807, 2.05) is 36.6 Å². The van der Waals surface area contributed by atoms with Crippen LogP contribution in [0.3, 0.4) is 0 Å². The van der Waals surface area contributed by atoms with Gasteiger partial charge in [-0.2, -0.15) is 0 Å². The second-order valence-electron chi connectivity index (χ2n) is 6.61. The molecule has 0 saturated heterocycles. The number of benzene rings is 1. The molecule has 1 unspecified atom stereocenters. The largest absolute Gasteiger partial charge is 0.496 e. The summed E-state index contributed by atoms with van der Waals surface area (Å²) in [5.74, 6) is 3.08. The van der Waals surface area contributed by atoms with Gasteiger partial charge in [-0.25, -0.2) is 4.98 Å². The van der Waals surface area contributed by atoms with Gasteiger partial charge in [0.1, 0.15) is 29.2 Å². The average molecular weight is 385 g/mol. The van der Waals surface area contributed by atoms with E-state index in [1.165, 1.54) is 0 Å². The molecule has 1 aromatic carbocycles. The molecule has 0 amide bonds. The highest BCUT2D eigenvalue weighted by atomic mass is 16.5. The fourth-order valence-corrected chi connectivity index (χ4v) is 3.32. The lowest BCUT2D eigenvalue weighted by atomic mass is 10.1. The molecule has 0 aliphatic heterocycles. The van der Waals surface area contributed by atoms with Gasteiger partial charge in [0.05, 0.1) is 20.3 Å². The van der Waals surface area contributed by atoms with Gasteiger partial charge in [-0.1, -0.05) is 0 Å². The normalized spacial score (nSPS) is 12.2. The van der Waals surface area contributed by atoms with Crippen molar-refractivity contribution in [2.75, 3.05) is 33.3 Å². The van der Waals surface area contributed by atoms with Crippen LogP contribution in [-0.2, 0) is 11.3 Å². The van der Waals surface area contributed by atoms with E-state index in [4.69, 9.17) is 19.2 Å². The van der Waals surface area contributed by atoms with E-state index >= 15 is 0 Å². The van der Waals surface area contributed by atoms with Crippen molar-refractivity contribution in [2.24, 2.45) is 0 Å². The zero-order valence-corrected chi connectivity index (χ0v) is 17.0. The number of hydrogen-bond donors (Lipinski definition) is 1. The minimum absolute atomic E-state index is 0.0639. The van der Waals surface area contributed by atoms with Crippen molar-refractivity contribution in [3.8, 4) is 11.5 Å². The fraction of sp³-hybridized carbons (Fsp3) is 0.450. The van der Waals surface area contributed by atoms with Crippen molar-refractivity contribution in [1.29, 1.82) is 0 Å². The van der Waals surface area contributed by atoms with Gasteiger partial charge in [-0.3, -0.25) is 0 Å². The third-order valence-electron chi connectivity index (χ3n) is 4.67. The number of fused-ring (bicyclic) bond motifs is 1. The number of aromatic nitrogens is 4. The molecule has 8 nitrogen and oxygen atoms in total. The molecule has 28 heavy (non-hydrogen) atoms. The molecule has 150 valence electrons. The number of methoxy groups -OCH3 is 3. The SMILES string of the molecule is COCCCn1cnnc1C(C)Nc1cc(C)c2c(OC)ccc(OC)c2n1. The molecule has 0 saturated carbocycles. The lowest BCUT2D eigenvalue weighted by Gasteiger charge is -2.18. The molecular weight excluding hydrogens is 358 g/mol. The summed E-state index contributed by atoms with van der Waals surface area (Å²) in [5.41, 5.74) is 1.81. The molecule has 0 aliphatic rings. The summed E-state index contributed by atoms with van der Waals surface area (Å²) in [7, 11) is 5.00.